The third-order valence-electron chi connectivity index (χ3n) is 4.87. The van der Waals surface area contributed by atoms with Gasteiger partial charge >= 0.3 is 0 Å². The van der Waals surface area contributed by atoms with Crippen LogP contribution in [0.1, 0.15) is 28.2 Å². The number of para-hydroxylation sites is 1. The largest absolute Gasteiger partial charge is 0.493 e. The minimum atomic E-state index is 0.106. The molecular formula is C21H27N3O3. The number of nitrogens with one attached hydrogen (secondary N) is 1. The molecule has 2 aromatic rings. The van der Waals surface area contributed by atoms with Crippen molar-refractivity contribution in [3.63, 3.8) is 0 Å². The van der Waals surface area contributed by atoms with Gasteiger partial charge in [-0.05, 0) is 32.0 Å². The van der Waals surface area contributed by atoms with Crippen molar-refractivity contribution in [2.45, 2.75) is 20.3 Å². The van der Waals surface area contributed by atoms with Crippen molar-refractivity contribution in [3.8, 4) is 5.75 Å². The quantitative estimate of drug-likeness (QED) is 0.762. The van der Waals surface area contributed by atoms with Crippen LogP contribution in [0.15, 0.2) is 36.4 Å². The Kier molecular flexibility index (Phi) is 6.29. The van der Waals surface area contributed by atoms with Crippen molar-refractivity contribution in [1.82, 2.24) is 14.8 Å². The number of nitrogens with zero attached hydrogens (tertiary/aromatic N) is 2. The molecule has 144 valence electrons. The van der Waals surface area contributed by atoms with Gasteiger partial charge < -0.3 is 14.6 Å². The van der Waals surface area contributed by atoms with Gasteiger partial charge in [-0.15, -0.1) is 0 Å². The monoisotopic (exact) mass is 369 g/mol. The Morgan fingerprint density at radius 1 is 1.07 bits per heavy atom. The number of piperazine rings is 1. The summed E-state index contributed by atoms with van der Waals surface area (Å²) in [5.41, 5.74) is 2.69. The summed E-state index contributed by atoms with van der Waals surface area (Å²) in [6.45, 7) is 7.42. The molecule has 1 aromatic carbocycles. The number of amides is 1. The molecule has 1 saturated heterocycles. The first-order valence-electron chi connectivity index (χ1n) is 9.40. The Labute approximate surface area is 160 Å². The lowest BCUT2D eigenvalue weighted by molar-refractivity contribution is -0.133. The number of H-pyrrole nitrogens is 1. The van der Waals surface area contributed by atoms with Crippen molar-refractivity contribution in [3.05, 3.63) is 53.3 Å². The maximum Gasteiger partial charge on any atom is 0.226 e. The average molecular weight is 369 g/mol. The van der Waals surface area contributed by atoms with Crippen molar-refractivity contribution >= 4 is 11.7 Å². The van der Waals surface area contributed by atoms with Crippen molar-refractivity contribution in [2.75, 3.05) is 39.3 Å². The van der Waals surface area contributed by atoms with Gasteiger partial charge in [-0.1, -0.05) is 18.2 Å². The molecule has 0 unspecified atom stereocenters. The Morgan fingerprint density at radius 2 is 1.78 bits per heavy atom. The summed E-state index contributed by atoms with van der Waals surface area (Å²) >= 11 is 0. The molecule has 0 radical (unpaired) electrons. The molecule has 0 saturated carbocycles. The highest BCUT2D eigenvalue weighted by atomic mass is 16.5. The Bertz CT molecular complexity index is 777. The molecule has 3 rings (SSSR count). The molecule has 1 aromatic heterocycles. The van der Waals surface area contributed by atoms with Crippen LogP contribution < -0.4 is 4.74 Å². The van der Waals surface area contributed by atoms with Crippen LogP contribution in [-0.2, 0) is 4.79 Å². The molecule has 0 atom stereocenters. The van der Waals surface area contributed by atoms with E-state index < -0.39 is 0 Å². The fourth-order valence-corrected chi connectivity index (χ4v) is 3.39. The van der Waals surface area contributed by atoms with Crippen LogP contribution in [0.5, 0.6) is 5.75 Å². The number of carbonyl (C=O) groups is 2. The third-order valence-corrected chi connectivity index (χ3v) is 4.87. The maximum atomic E-state index is 12.5. The Balaban J connectivity index is 1.40. The van der Waals surface area contributed by atoms with Crippen LogP contribution in [0.3, 0.4) is 0 Å². The van der Waals surface area contributed by atoms with Gasteiger partial charge in [-0.2, -0.15) is 0 Å². The lowest BCUT2D eigenvalue weighted by Crippen LogP contribution is -2.50. The molecule has 2 heterocycles. The number of hydrogen-bond donors (Lipinski definition) is 1. The fraction of sp³-hybridized carbons (Fsp3) is 0.429. The van der Waals surface area contributed by atoms with E-state index in [0.717, 1.165) is 35.8 Å². The van der Waals surface area contributed by atoms with Crippen molar-refractivity contribution in [1.29, 1.82) is 0 Å². The van der Waals surface area contributed by atoms with Crippen LogP contribution in [0.25, 0.3) is 0 Å². The van der Waals surface area contributed by atoms with Gasteiger partial charge in [0.2, 0.25) is 5.91 Å². The first-order chi connectivity index (χ1) is 13.0. The van der Waals surface area contributed by atoms with Gasteiger partial charge in [-0.25, -0.2) is 0 Å². The SMILES string of the molecule is Cc1cc(C(=O)CN2CCN(C(=O)CCOc3ccccc3)CC2)c(C)[nH]1. The highest BCUT2D eigenvalue weighted by molar-refractivity contribution is 5.98. The first kappa shape index (κ1) is 19.2. The minimum Gasteiger partial charge on any atom is -0.493 e. The zero-order valence-electron chi connectivity index (χ0n) is 16.0. The van der Waals surface area contributed by atoms with E-state index in [2.05, 4.69) is 9.88 Å². The van der Waals surface area contributed by atoms with Crippen LogP contribution in [0.4, 0.5) is 0 Å². The van der Waals surface area contributed by atoms with E-state index in [1.54, 1.807) is 0 Å². The van der Waals surface area contributed by atoms with Crippen LogP contribution >= 0.6 is 0 Å². The van der Waals surface area contributed by atoms with Gasteiger partial charge in [0.25, 0.3) is 0 Å². The molecule has 0 aliphatic carbocycles. The minimum absolute atomic E-state index is 0.106. The van der Waals surface area contributed by atoms with Gasteiger partial charge in [0.15, 0.2) is 5.78 Å². The summed E-state index contributed by atoms with van der Waals surface area (Å²) < 4.78 is 5.60. The van der Waals surface area contributed by atoms with E-state index in [4.69, 9.17) is 4.74 Å². The molecule has 1 amide bonds. The number of ether oxygens (including phenoxy) is 1. The molecule has 0 bridgehead atoms. The smallest absolute Gasteiger partial charge is 0.226 e. The number of benzene rings is 1. The number of hydrogen-bond acceptors (Lipinski definition) is 4. The maximum absolute atomic E-state index is 12.5. The Morgan fingerprint density at radius 3 is 2.41 bits per heavy atom. The van der Waals surface area contributed by atoms with E-state index >= 15 is 0 Å². The second kappa shape index (κ2) is 8.86. The van der Waals surface area contributed by atoms with Crippen LogP contribution in [0.2, 0.25) is 0 Å². The molecule has 1 N–H and O–H groups in total. The fourth-order valence-electron chi connectivity index (χ4n) is 3.39. The number of ketones is 1. The van der Waals surface area contributed by atoms with Gasteiger partial charge in [-0.3, -0.25) is 14.5 Å². The Hall–Kier alpha value is -2.60. The summed E-state index contributed by atoms with van der Waals surface area (Å²) in [5, 5.41) is 0. The summed E-state index contributed by atoms with van der Waals surface area (Å²) in [6.07, 6.45) is 0.371. The molecule has 27 heavy (non-hydrogen) atoms. The molecular weight excluding hydrogens is 342 g/mol. The second-order valence-corrected chi connectivity index (χ2v) is 6.98. The zero-order valence-corrected chi connectivity index (χ0v) is 16.0. The molecule has 6 heteroatoms. The van der Waals surface area contributed by atoms with Crippen molar-refractivity contribution < 1.29 is 14.3 Å². The number of aromatic amines is 1. The number of Topliss-reactive ketones (excluding diaryl/α,β-unsaturated/α-hetero) is 1. The normalized spacial score (nSPS) is 15.0. The van der Waals surface area contributed by atoms with Crippen LogP contribution in [-0.4, -0.2) is 65.8 Å². The van der Waals surface area contributed by atoms with Crippen molar-refractivity contribution in [2.24, 2.45) is 0 Å². The number of carbonyl (C=O) groups excluding carboxylic acids is 2. The van der Waals surface area contributed by atoms with E-state index in [1.807, 2.05) is 55.1 Å². The number of aromatic nitrogens is 1. The van der Waals surface area contributed by atoms with Gasteiger partial charge in [0.1, 0.15) is 5.75 Å². The predicted molar refractivity (Wildman–Crippen MR) is 104 cm³/mol. The standard InChI is InChI=1S/C21H27N3O3/c1-16-14-19(17(2)22-16)20(25)15-23-9-11-24(12-10-23)21(26)8-13-27-18-6-4-3-5-7-18/h3-7,14,22H,8-13,15H2,1-2H3. The van der Waals surface area contributed by atoms with Gasteiger partial charge in [0, 0.05) is 43.1 Å². The van der Waals surface area contributed by atoms with E-state index in [1.165, 1.54) is 0 Å². The first-order valence-corrected chi connectivity index (χ1v) is 9.40. The average Bonchev–Trinajstić information content (AvgIpc) is 3.01. The predicted octanol–water partition coefficient (Wildman–Crippen LogP) is 2.43. The molecule has 0 spiro atoms. The van der Waals surface area contributed by atoms with E-state index in [9.17, 15) is 9.59 Å². The van der Waals surface area contributed by atoms with E-state index in [0.29, 0.717) is 32.7 Å². The highest BCUT2D eigenvalue weighted by Gasteiger charge is 2.23. The molecule has 1 aliphatic heterocycles. The molecule has 6 nitrogen and oxygen atoms in total. The second-order valence-electron chi connectivity index (χ2n) is 6.98. The van der Waals surface area contributed by atoms with Crippen LogP contribution in [0, 0.1) is 13.8 Å². The molecule has 1 fully saturated rings. The third kappa shape index (κ3) is 5.20. The topological polar surface area (TPSA) is 65.6 Å². The van der Waals surface area contributed by atoms with Gasteiger partial charge in [0.05, 0.1) is 19.6 Å². The lowest BCUT2D eigenvalue weighted by atomic mass is 10.1. The summed E-state index contributed by atoms with van der Waals surface area (Å²) in [4.78, 5) is 32.0. The molecule has 1 aliphatic rings. The lowest BCUT2D eigenvalue weighted by Gasteiger charge is -2.34. The number of rotatable bonds is 7. The summed E-state index contributed by atoms with van der Waals surface area (Å²) in [6, 6.07) is 11.4. The highest BCUT2D eigenvalue weighted by Crippen LogP contribution is 2.13. The summed E-state index contributed by atoms with van der Waals surface area (Å²) in [7, 11) is 0. The zero-order chi connectivity index (χ0) is 19.2. The summed E-state index contributed by atoms with van der Waals surface area (Å²) in [5.74, 6) is 1.02. The van der Waals surface area contributed by atoms with E-state index in [-0.39, 0.29) is 11.7 Å². The number of aryl methyl sites for hydroxylation is 2.